The van der Waals surface area contributed by atoms with Crippen molar-refractivity contribution >= 4 is 47.1 Å². The highest BCUT2D eigenvalue weighted by Crippen LogP contribution is 2.41. The zero-order valence-electron chi connectivity index (χ0n) is 13.9. The summed E-state index contributed by atoms with van der Waals surface area (Å²) in [5.41, 5.74) is 0.299. The number of hydrogen-bond donors (Lipinski definition) is 2. The Balaban J connectivity index is 1.75. The number of hydrogen-bond acceptors (Lipinski definition) is 10. The number of tetrazole rings is 1. The number of carbonyl (C=O) groups is 3. The minimum atomic E-state index is -1.27. The number of aromatic nitrogens is 4. The Morgan fingerprint density at radius 1 is 1.44 bits per heavy atom. The molecular weight excluding hydrogens is 400 g/mol. The largest absolute Gasteiger partial charge is 0.477 e. The van der Waals surface area contributed by atoms with Crippen LogP contribution in [0.5, 0.6) is 0 Å². The minimum absolute atomic E-state index is 0.00805. The molecule has 1 unspecified atom stereocenters. The van der Waals surface area contributed by atoms with E-state index in [0.717, 1.165) is 11.8 Å². The summed E-state index contributed by atoms with van der Waals surface area (Å²) in [5, 5.41) is 33.2. The number of carboxylic acids is 2. The van der Waals surface area contributed by atoms with Crippen LogP contribution in [-0.2, 0) is 25.8 Å². The maximum atomic E-state index is 11.8. The molecule has 0 spiro atoms. The average molecular weight is 414 g/mol. The van der Waals surface area contributed by atoms with Crippen LogP contribution in [0.1, 0.15) is 6.42 Å². The van der Waals surface area contributed by atoms with Crippen molar-refractivity contribution in [3.8, 4) is 0 Å². The van der Waals surface area contributed by atoms with Crippen molar-refractivity contribution in [2.75, 3.05) is 18.6 Å². The molecule has 0 radical (unpaired) electrons. The average Bonchev–Trinajstić information content (AvgIpc) is 3.05. The number of thioether (sulfide) groups is 2. The van der Waals surface area contributed by atoms with E-state index in [9.17, 15) is 19.5 Å². The van der Waals surface area contributed by atoms with Crippen LogP contribution >= 0.6 is 23.5 Å². The second-order valence-corrected chi connectivity index (χ2v) is 7.53. The van der Waals surface area contributed by atoms with Gasteiger partial charge in [0.1, 0.15) is 12.8 Å². The summed E-state index contributed by atoms with van der Waals surface area (Å²) >= 11 is 2.65. The van der Waals surface area contributed by atoms with Crippen LogP contribution in [0, 0.1) is 0 Å². The fourth-order valence-electron chi connectivity index (χ4n) is 2.53. The molecule has 1 aromatic rings. The van der Waals surface area contributed by atoms with Gasteiger partial charge in [0.05, 0.1) is 18.3 Å². The highest BCUT2D eigenvalue weighted by atomic mass is 32.2. The first kappa shape index (κ1) is 19.2. The molecule has 144 valence electrons. The second kappa shape index (κ2) is 7.96. The van der Waals surface area contributed by atoms with E-state index in [4.69, 9.17) is 5.11 Å². The number of β-lactam (4-membered cyclic amide) rings is 1. The first-order valence-electron chi connectivity index (χ1n) is 7.53. The summed E-state index contributed by atoms with van der Waals surface area (Å²) in [6.45, 7) is -0.217. The molecule has 3 rings (SSSR count). The van der Waals surface area contributed by atoms with Gasteiger partial charge in [-0.15, -0.1) is 16.9 Å². The SMILES string of the molecule is CO/N=C(/Cn1nnnc1SCC1=C(C(=O)O)N2C(=O)CC2SC1)C(=O)O. The third-order valence-corrected chi connectivity index (χ3v) is 6.08. The molecule has 0 aliphatic carbocycles. The predicted molar refractivity (Wildman–Crippen MR) is 93.0 cm³/mol. The maximum Gasteiger partial charge on any atom is 0.355 e. The molecule has 1 atom stereocenters. The topological polar surface area (TPSA) is 160 Å². The Morgan fingerprint density at radius 3 is 2.85 bits per heavy atom. The molecule has 12 nitrogen and oxygen atoms in total. The van der Waals surface area contributed by atoms with Crippen LogP contribution in [0.15, 0.2) is 21.6 Å². The summed E-state index contributed by atoms with van der Waals surface area (Å²) in [6, 6.07) is 0. The molecule has 1 amide bonds. The molecule has 2 N–H and O–H groups in total. The molecule has 0 saturated carbocycles. The zero-order valence-corrected chi connectivity index (χ0v) is 15.6. The van der Waals surface area contributed by atoms with Crippen molar-refractivity contribution in [2.45, 2.75) is 23.5 Å². The summed E-state index contributed by atoms with van der Waals surface area (Å²) in [7, 11) is 1.23. The fraction of sp³-hybridized carbons (Fsp3) is 0.462. The number of carbonyl (C=O) groups excluding carboxylic acids is 1. The molecule has 0 aromatic carbocycles. The molecule has 27 heavy (non-hydrogen) atoms. The molecule has 0 bridgehead atoms. The van der Waals surface area contributed by atoms with E-state index in [1.807, 2.05) is 0 Å². The van der Waals surface area contributed by atoms with Gasteiger partial charge in [-0.25, -0.2) is 14.3 Å². The molecule has 3 heterocycles. The molecule has 2 aliphatic heterocycles. The Labute approximate surface area is 160 Å². The van der Waals surface area contributed by atoms with E-state index in [1.165, 1.54) is 28.5 Å². The molecule has 14 heteroatoms. The molecule has 2 aliphatic rings. The van der Waals surface area contributed by atoms with Gasteiger partial charge in [0.15, 0.2) is 5.71 Å². The van der Waals surface area contributed by atoms with Crippen molar-refractivity contribution < 1.29 is 29.4 Å². The van der Waals surface area contributed by atoms with Crippen LogP contribution in [0.25, 0.3) is 0 Å². The van der Waals surface area contributed by atoms with Gasteiger partial charge < -0.3 is 15.1 Å². The zero-order chi connectivity index (χ0) is 19.6. The number of aliphatic carboxylic acids is 2. The Hall–Kier alpha value is -2.61. The van der Waals surface area contributed by atoms with E-state index >= 15 is 0 Å². The minimum Gasteiger partial charge on any atom is -0.477 e. The lowest BCUT2D eigenvalue weighted by atomic mass is 10.1. The van der Waals surface area contributed by atoms with Crippen molar-refractivity contribution in [3.05, 3.63) is 11.3 Å². The van der Waals surface area contributed by atoms with Gasteiger partial charge in [-0.3, -0.25) is 9.69 Å². The Morgan fingerprint density at radius 2 is 2.22 bits per heavy atom. The van der Waals surface area contributed by atoms with Crippen molar-refractivity contribution in [1.82, 2.24) is 25.1 Å². The molecule has 1 saturated heterocycles. The van der Waals surface area contributed by atoms with Crippen LogP contribution in [-0.4, -0.2) is 82.9 Å². The van der Waals surface area contributed by atoms with E-state index in [0.29, 0.717) is 22.9 Å². The number of nitrogens with zero attached hydrogens (tertiary/aromatic N) is 6. The van der Waals surface area contributed by atoms with Gasteiger partial charge >= 0.3 is 11.9 Å². The number of fused-ring (bicyclic) bond motifs is 1. The van der Waals surface area contributed by atoms with Gasteiger partial charge in [0, 0.05) is 11.5 Å². The van der Waals surface area contributed by atoms with Crippen LogP contribution in [0.3, 0.4) is 0 Å². The predicted octanol–water partition coefficient (Wildman–Crippen LogP) is -0.504. The second-order valence-electron chi connectivity index (χ2n) is 5.42. The van der Waals surface area contributed by atoms with Crippen molar-refractivity contribution in [1.29, 1.82) is 0 Å². The molecule has 1 fully saturated rings. The van der Waals surface area contributed by atoms with E-state index in [2.05, 4.69) is 25.5 Å². The lowest BCUT2D eigenvalue weighted by Gasteiger charge is -2.43. The van der Waals surface area contributed by atoms with Gasteiger partial charge in [-0.05, 0) is 16.0 Å². The number of rotatable bonds is 8. The first-order valence-corrected chi connectivity index (χ1v) is 9.57. The highest BCUT2D eigenvalue weighted by Gasteiger charge is 2.45. The fourth-order valence-corrected chi connectivity index (χ4v) is 4.81. The number of amides is 1. The first-order chi connectivity index (χ1) is 12.9. The summed E-state index contributed by atoms with van der Waals surface area (Å²) in [6.07, 6.45) is 0.344. The smallest absolute Gasteiger partial charge is 0.355 e. The molecular formula is C13H14N6O6S2. The van der Waals surface area contributed by atoms with Crippen molar-refractivity contribution in [3.63, 3.8) is 0 Å². The quantitative estimate of drug-likeness (QED) is 0.244. The molecule has 1 aromatic heterocycles. The standard InChI is InChI=1S/C13H14N6O6S2/c1-25-15-7(11(21)22)3-18-13(14-16-17-18)27-5-6-4-26-9-2-8(20)19(9)10(6)12(23)24/h9H,2-5H2,1H3,(H,21,22)(H,23,24)/b15-7-. The Kier molecular flexibility index (Phi) is 5.65. The monoisotopic (exact) mass is 414 g/mol. The third-order valence-electron chi connectivity index (χ3n) is 3.76. The number of oxime groups is 1. The van der Waals surface area contributed by atoms with Gasteiger partial charge in [-0.1, -0.05) is 16.9 Å². The number of carboxylic acid groups (broad SMARTS) is 2. The van der Waals surface area contributed by atoms with Gasteiger partial charge in [0.25, 0.3) is 0 Å². The summed E-state index contributed by atoms with van der Waals surface area (Å²) in [5.74, 6) is -1.90. The van der Waals surface area contributed by atoms with Gasteiger partial charge in [-0.2, -0.15) is 0 Å². The van der Waals surface area contributed by atoms with Crippen LogP contribution < -0.4 is 0 Å². The van der Waals surface area contributed by atoms with E-state index in [-0.39, 0.29) is 35.0 Å². The highest BCUT2D eigenvalue weighted by molar-refractivity contribution is 8.00. The van der Waals surface area contributed by atoms with Crippen LogP contribution in [0.4, 0.5) is 0 Å². The lowest BCUT2D eigenvalue weighted by Crippen LogP contribution is -2.54. The maximum absolute atomic E-state index is 11.8. The third kappa shape index (κ3) is 3.90. The van der Waals surface area contributed by atoms with E-state index in [1.54, 1.807) is 0 Å². The van der Waals surface area contributed by atoms with Crippen LogP contribution in [0.2, 0.25) is 0 Å². The normalized spacial score (nSPS) is 19.6. The summed E-state index contributed by atoms with van der Waals surface area (Å²) < 4.78 is 1.23. The van der Waals surface area contributed by atoms with E-state index < -0.39 is 11.9 Å². The summed E-state index contributed by atoms with van der Waals surface area (Å²) in [4.78, 5) is 40.3. The van der Waals surface area contributed by atoms with Crippen molar-refractivity contribution in [2.24, 2.45) is 5.16 Å². The lowest BCUT2D eigenvalue weighted by molar-refractivity contribution is -0.146. The Bertz CT molecular complexity index is 852. The van der Waals surface area contributed by atoms with Gasteiger partial charge in [0.2, 0.25) is 11.1 Å².